The van der Waals surface area contributed by atoms with Crippen molar-refractivity contribution >= 4 is 5.91 Å². The summed E-state index contributed by atoms with van der Waals surface area (Å²) in [5, 5.41) is 0. The Hall–Kier alpha value is -2.81. The number of aromatic nitrogens is 1. The van der Waals surface area contributed by atoms with E-state index in [-0.39, 0.29) is 5.91 Å². The van der Waals surface area contributed by atoms with E-state index in [0.29, 0.717) is 5.92 Å². The number of nitrogens with zero attached hydrogens (tertiary/aromatic N) is 2. The smallest absolute Gasteiger partial charge is 0.270 e. The molecule has 3 heteroatoms. The highest BCUT2D eigenvalue weighted by Crippen LogP contribution is 2.28. The molecule has 132 valence electrons. The number of aryl methyl sites for hydroxylation is 2. The Kier molecular flexibility index (Phi) is 4.87. The molecule has 1 aliphatic rings. The maximum atomic E-state index is 13.0. The summed E-state index contributed by atoms with van der Waals surface area (Å²) in [6.45, 7) is 2.48. The molecule has 3 aromatic rings. The lowest BCUT2D eigenvalue weighted by Gasteiger charge is -2.18. The Morgan fingerprint density at radius 2 is 1.65 bits per heavy atom. The molecule has 0 aliphatic carbocycles. The second kappa shape index (κ2) is 7.61. The highest BCUT2D eigenvalue weighted by Gasteiger charge is 2.28. The normalized spacial score (nSPS) is 16.8. The molecule has 1 aromatic heterocycles. The lowest BCUT2D eigenvalue weighted by molar-refractivity contribution is 0.0780. The average Bonchev–Trinajstić information content (AvgIpc) is 3.37. The topological polar surface area (TPSA) is 25.2 Å². The molecule has 1 atom stereocenters. The van der Waals surface area contributed by atoms with E-state index in [4.69, 9.17) is 0 Å². The average molecular weight is 344 g/mol. The molecule has 1 fully saturated rings. The first-order valence-corrected chi connectivity index (χ1v) is 9.34. The van der Waals surface area contributed by atoms with Gasteiger partial charge in [-0.15, -0.1) is 0 Å². The summed E-state index contributed by atoms with van der Waals surface area (Å²) in [5.74, 6) is 0.606. The highest BCUT2D eigenvalue weighted by atomic mass is 16.2. The predicted octanol–water partition coefficient (Wildman–Crippen LogP) is 4.36. The Morgan fingerprint density at radius 1 is 0.923 bits per heavy atom. The van der Waals surface area contributed by atoms with Crippen LogP contribution in [0.1, 0.15) is 34.0 Å². The fourth-order valence-electron chi connectivity index (χ4n) is 3.80. The maximum absolute atomic E-state index is 13.0. The van der Waals surface area contributed by atoms with Crippen LogP contribution in [0.4, 0.5) is 0 Å². The van der Waals surface area contributed by atoms with E-state index in [2.05, 4.69) is 53.1 Å². The van der Waals surface area contributed by atoms with Gasteiger partial charge in [0.2, 0.25) is 0 Å². The first kappa shape index (κ1) is 16.6. The lowest BCUT2D eigenvalue weighted by atomic mass is 9.99. The molecule has 4 rings (SSSR count). The van der Waals surface area contributed by atoms with Gasteiger partial charge in [-0.1, -0.05) is 60.7 Å². The maximum Gasteiger partial charge on any atom is 0.270 e. The van der Waals surface area contributed by atoms with Gasteiger partial charge in [-0.05, 0) is 36.1 Å². The van der Waals surface area contributed by atoms with Crippen LogP contribution in [0.2, 0.25) is 0 Å². The van der Waals surface area contributed by atoms with Gasteiger partial charge in [0.05, 0.1) is 0 Å². The molecule has 1 amide bonds. The Balaban J connectivity index is 1.42. The molecule has 2 aromatic carbocycles. The second-order valence-corrected chi connectivity index (χ2v) is 6.97. The third kappa shape index (κ3) is 3.57. The summed E-state index contributed by atoms with van der Waals surface area (Å²) in [7, 11) is 0. The lowest BCUT2D eigenvalue weighted by Crippen LogP contribution is -2.30. The van der Waals surface area contributed by atoms with Crippen LogP contribution in [0.3, 0.4) is 0 Å². The third-order valence-electron chi connectivity index (χ3n) is 5.28. The van der Waals surface area contributed by atoms with E-state index >= 15 is 0 Å². The van der Waals surface area contributed by atoms with E-state index in [9.17, 15) is 4.79 Å². The minimum atomic E-state index is 0.154. The largest absolute Gasteiger partial charge is 0.343 e. The summed E-state index contributed by atoms with van der Waals surface area (Å²) >= 11 is 0. The molecule has 0 radical (unpaired) electrons. The van der Waals surface area contributed by atoms with Gasteiger partial charge in [-0.3, -0.25) is 4.79 Å². The minimum Gasteiger partial charge on any atom is -0.343 e. The van der Waals surface area contributed by atoms with Crippen molar-refractivity contribution in [1.82, 2.24) is 9.47 Å². The predicted molar refractivity (Wildman–Crippen MR) is 104 cm³/mol. The van der Waals surface area contributed by atoms with Crippen molar-refractivity contribution in [3.8, 4) is 0 Å². The Morgan fingerprint density at radius 3 is 2.42 bits per heavy atom. The fraction of sp³-hybridized carbons (Fsp3) is 0.261. The summed E-state index contributed by atoms with van der Waals surface area (Å²) in [5.41, 5.74) is 3.43. The van der Waals surface area contributed by atoms with E-state index in [1.165, 1.54) is 11.1 Å². The quantitative estimate of drug-likeness (QED) is 0.675. The number of amides is 1. The van der Waals surface area contributed by atoms with Crippen LogP contribution in [0.5, 0.6) is 0 Å². The molecule has 0 saturated carbocycles. The number of carbonyl (C=O) groups excluding carboxylic acids is 1. The molecule has 0 N–H and O–H groups in total. The number of hydrogen-bond donors (Lipinski definition) is 0. The Bertz CT molecular complexity index is 854. The molecule has 1 aliphatic heterocycles. The van der Waals surface area contributed by atoms with E-state index in [1.807, 2.05) is 35.4 Å². The summed E-state index contributed by atoms with van der Waals surface area (Å²) in [6, 6.07) is 24.9. The van der Waals surface area contributed by atoms with Crippen molar-refractivity contribution in [3.63, 3.8) is 0 Å². The van der Waals surface area contributed by atoms with Crippen molar-refractivity contribution in [2.45, 2.75) is 25.3 Å². The zero-order valence-electron chi connectivity index (χ0n) is 14.9. The van der Waals surface area contributed by atoms with Crippen LogP contribution in [0, 0.1) is 0 Å². The fourth-order valence-corrected chi connectivity index (χ4v) is 3.80. The molecule has 1 unspecified atom stereocenters. The van der Waals surface area contributed by atoms with Crippen molar-refractivity contribution in [2.24, 2.45) is 0 Å². The number of carbonyl (C=O) groups is 1. The van der Waals surface area contributed by atoms with Gasteiger partial charge in [0.25, 0.3) is 5.91 Å². The van der Waals surface area contributed by atoms with Crippen molar-refractivity contribution in [3.05, 3.63) is 95.8 Å². The van der Waals surface area contributed by atoms with Crippen molar-refractivity contribution in [1.29, 1.82) is 0 Å². The van der Waals surface area contributed by atoms with Crippen LogP contribution >= 0.6 is 0 Å². The van der Waals surface area contributed by atoms with Crippen LogP contribution in [-0.2, 0) is 13.0 Å². The number of benzene rings is 2. The first-order chi connectivity index (χ1) is 12.8. The molecular formula is C23H24N2O. The van der Waals surface area contributed by atoms with E-state index < -0.39 is 0 Å². The molecule has 2 heterocycles. The molecule has 0 bridgehead atoms. The number of rotatable bonds is 5. The summed E-state index contributed by atoms with van der Waals surface area (Å²) in [4.78, 5) is 15.0. The van der Waals surface area contributed by atoms with Gasteiger partial charge in [-0.2, -0.15) is 0 Å². The summed E-state index contributed by atoms with van der Waals surface area (Å²) < 4.78 is 2.09. The third-order valence-corrected chi connectivity index (χ3v) is 5.28. The summed E-state index contributed by atoms with van der Waals surface area (Å²) in [6.07, 6.45) is 3.99. The van der Waals surface area contributed by atoms with Gasteiger partial charge in [0.1, 0.15) is 5.69 Å². The monoisotopic (exact) mass is 344 g/mol. The van der Waals surface area contributed by atoms with Crippen molar-refractivity contribution < 1.29 is 4.79 Å². The number of likely N-dealkylation sites (tertiary alicyclic amines) is 1. The van der Waals surface area contributed by atoms with Gasteiger partial charge in [0, 0.05) is 31.7 Å². The van der Waals surface area contributed by atoms with Gasteiger partial charge in [-0.25, -0.2) is 0 Å². The zero-order valence-corrected chi connectivity index (χ0v) is 14.9. The van der Waals surface area contributed by atoms with E-state index in [1.54, 1.807) is 0 Å². The van der Waals surface area contributed by atoms with E-state index in [0.717, 1.165) is 38.2 Å². The molecule has 3 nitrogen and oxygen atoms in total. The standard InChI is InChI=1S/C23H24N2O/c26-23(25-17-14-21(18-25)20-10-5-2-6-11-20)22-12-7-15-24(22)16-13-19-8-3-1-4-9-19/h1-12,15,21H,13-14,16-18H2. The minimum absolute atomic E-state index is 0.154. The molecule has 26 heavy (non-hydrogen) atoms. The van der Waals surface area contributed by atoms with Crippen LogP contribution in [0.25, 0.3) is 0 Å². The van der Waals surface area contributed by atoms with Crippen LogP contribution < -0.4 is 0 Å². The van der Waals surface area contributed by atoms with Gasteiger partial charge < -0.3 is 9.47 Å². The highest BCUT2D eigenvalue weighted by molar-refractivity contribution is 5.93. The van der Waals surface area contributed by atoms with Crippen LogP contribution in [-0.4, -0.2) is 28.5 Å². The van der Waals surface area contributed by atoms with Crippen molar-refractivity contribution in [2.75, 3.05) is 13.1 Å². The van der Waals surface area contributed by atoms with Gasteiger partial charge >= 0.3 is 0 Å². The van der Waals surface area contributed by atoms with Gasteiger partial charge in [0.15, 0.2) is 0 Å². The molecule has 0 spiro atoms. The SMILES string of the molecule is O=C(c1cccn1CCc1ccccc1)N1CCC(c2ccccc2)C1. The van der Waals surface area contributed by atoms with Crippen LogP contribution in [0.15, 0.2) is 79.0 Å². The first-order valence-electron chi connectivity index (χ1n) is 9.34. The zero-order chi connectivity index (χ0) is 17.8. The molecule has 1 saturated heterocycles. The molecular weight excluding hydrogens is 320 g/mol. The Labute approximate surface area is 154 Å². The number of hydrogen-bond acceptors (Lipinski definition) is 1. The second-order valence-electron chi connectivity index (χ2n) is 6.97.